The fraction of sp³-hybridized carbons (Fsp3) is 0.143. The second-order valence-electron chi connectivity index (χ2n) is 4.63. The van der Waals surface area contributed by atoms with Crippen LogP contribution in [0.4, 0.5) is 0 Å². The topological polar surface area (TPSA) is 107 Å². The number of hydrogen-bond acceptors (Lipinski definition) is 5. The van der Waals surface area contributed by atoms with Gasteiger partial charge in [-0.1, -0.05) is 30.0 Å². The highest BCUT2D eigenvalue weighted by Crippen LogP contribution is 2.22. The number of thioether (sulfide) groups is 1. The van der Waals surface area contributed by atoms with Crippen LogP contribution in [-0.2, 0) is 9.59 Å². The van der Waals surface area contributed by atoms with E-state index in [-0.39, 0.29) is 12.3 Å². The maximum absolute atomic E-state index is 11.6. The summed E-state index contributed by atoms with van der Waals surface area (Å²) in [6.07, 6.45) is 3.17. The van der Waals surface area contributed by atoms with Crippen molar-refractivity contribution in [3.05, 3.63) is 36.0 Å². The first-order valence-corrected chi connectivity index (χ1v) is 7.38. The summed E-state index contributed by atoms with van der Waals surface area (Å²) in [6.45, 7) is 0. The predicted molar refractivity (Wildman–Crippen MR) is 85.1 cm³/mol. The second-order valence-corrected chi connectivity index (χ2v) is 5.82. The number of H-pyrrole nitrogens is 1. The number of aromatic amines is 1. The largest absolute Gasteiger partial charge is 0.481 e. The molecule has 3 rings (SSSR count). The number of carbonyl (C=O) groups excluding carboxylic acids is 1. The summed E-state index contributed by atoms with van der Waals surface area (Å²) in [5.41, 5.74) is 1.89. The molecule has 0 saturated carbocycles. The number of amidine groups is 1. The summed E-state index contributed by atoms with van der Waals surface area (Å²) in [5, 5.41) is 19.8. The first-order valence-electron chi connectivity index (χ1n) is 6.50. The van der Waals surface area contributed by atoms with Gasteiger partial charge in [-0.3, -0.25) is 9.59 Å². The Morgan fingerprint density at radius 1 is 1.41 bits per heavy atom. The predicted octanol–water partition coefficient (Wildman–Crippen LogP) is 1.56. The summed E-state index contributed by atoms with van der Waals surface area (Å²) in [4.78, 5) is 25.3. The zero-order valence-electron chi connectivity index (χ0n) is 11.3. The van der Waals surface area contributed by atoms with Crippen molar-refractivity contribution in [1.82, 2.24) is 10.3 Å². The van der Waals surface area contributed by atoms with Gasteiger partial charge in [-0.15, -0.1) is 5.10 Å². The minimum absolute atomic E-state index is 0.234. The van der Waals surface area contributed by atoms with Crippen LogP contribution in [0.3, 0.4) is 0 Å². The Kier molecular flexibility index (Phi) is 3.92. The Hall–Kier alpha value is -2.61. The van der Waals surface area contributed by atoms with E-state index in [0.29, 0.717) is 5.17 Å². The molecule has 1 saturated heterocycles. The fourth-order valence-electron chi connectivity index (χ4n) is 2.09. The highest BCUT2D eigenvalue weighted by atomic mass is 32.2. The summed E-state index contributed by atoms with van der Waals surface area (Å²) in [5.74, 6) is -1.37. The van der Waals surface area contributed by atoms with Gasteiger partial charge in [0.1, 0.15) is 5.25 Å². The van der Waals surface area contributed by atoms with Crippen molar-refractivity contribution < 1.29 is 14.7 Å². The Morgan fingerprint density at radius 2 is 2.23 bits per heavy atom. The quantitative estimate of drug-likeness (QED) is 0.588. The van der Waals surface area contributed by atoms with Crippen molar-refractivity contribution in [2.45, 2.75) is 11.7 Å². The van der Waals surface area contributed by atoms with E-state index in [4.69, 9.17) is 5.11 Å². The number of carboxylic acids is 1. The van der Waals surface area contributed by atoms with Crippen LogP contribution in [0.1, 0.15) is 12.0 Å². The van der Waals surface area contributed by atoms with Crippen LogP contribution < -0.4 is 5.32 Å². The van der Waals surface area contributed by atoms with Crippen LogP contribution in [0.25, 0.3) is 10.9 Å². The minimum Gasteiger partial charge on any atom is -0.481 e. The highest BCUT2D eigenvalue weighted by Gasteiger charge is 2.32. The molecule has 1 aliphatic rings. The van der Waals surface area contributed by atoms with E-state index in [1.807, 2.05) is 30.5 Å². The van der Waals surface area contributed by atoms with Gasteiger partial charge in [0, 0.05) is 22.7 Å². The van der Waals surface area contributed by atoms with Gasteiger partial charge in [0.15, 0.2) is 5.17 Å². The summed E-state index contributed by atoms with van der Waals surface area (Å²) in [6, 6.07) is 7.80. The lowest BCUT2D eigenvalue weighted by Crippen LogP contribution is -2.26. The molecule has 1 aromatic carbocycles. The molecule has 7 nitrogen and oxygen atoms in total. The Balaban J connectivity index is 1.72. The van der Waals surface area contributed by atoms with Gasteiger partial charge in [0.2, 0.25) is 5.91 Å². The van der Waals surface area contributed by atoms with Crippen molar-refractivity contribution in [3.8, 4) is 0 Å². The van der Waals surface area contributed by atoms with Crippen LogP contribution in [0.5, 0.6) is 0 Å². The van der Waals surface area contributed by atoms with Crippen LogP contribution >= 0.6 is 11.8 Å². The molecular weight excluding hydrogens is 304 g/mol. The fourth-order valence-corrected chi connectivity index (χ4v) is 3.00. The Labute approximate surface area is 129 Å². The van der Waals surface area contributed by atoms with Crippen LogP contribution in [0, 0.1) is 0 Å². The van der Waals surface area contributed by atoms with Gasteiger partial charge in [-0.25, -0.2) is 0 Å². The van der Waals surface area contributed by atoms with E-state index in [0.717, 1.165) is 28.2 Å². The van der Waals surface area contributed by atoms with E-state index >= 15 is 0 Å². The van der Waals surface area contributed by atoms with Gasteiger partial charge >= 0.3 is 5.97 Å². The van der Waals surface area contributed by atoms with Crippen molar-refractivity contribution in [3.63, 3.8) is 0 Å². The SMILES string of the molecule is O=C(O)C[C@@H]1S/C(=N\N=C/c2c[nH]c3ccccc23)NC1=O. The molecular formula is C14H12N4O3S. The van der Waals surface area contributed by atoms with Crippen molar-refractivity contribution in [2.75, 3.05) is 0 Å². The van der Waals surface area contributed by atoms with Gasteiger partial charge in [-0.05, 0) is 6.07 Å². The molecule has 0 bridgehead atoms. The maximum Gasteiger partial charge on any atom is 0.305 e. The van der Waals surface area contributed by atoms with E-state index in [2.05, 4.69) is 20.5 Å². The normalized spacial score (nSPS) is 20.1. The molecule has 3 N–H and O–H groups in total. The lowest BCUT2D eigenvalue weighted by atomic mass is 10.2. The van der Waals surface area contributed by atoms with Crippen molar-refractivity contribution in [1.29, 1.82) is 0 Å². The third-order valence-electron chi connectivity index (χ3n) is 3.10. The zero-order chi connectivity index (χ0) is 15.5. The number of aromatic nitrogens is 1. The second kappa shape index (κ2) is 6.02. The van der Waals surface area contributed by atoms with Crippen LogP contribution in [0.2, 0.25) is 0 Å². The monoisotopic (exact) mass is 316 g/mol. The van der Waals surface area contributed by atoms with Gasteiger partial charge < -0.3 is 15.4 Å². The standard InChI is InChI=1S/C14H12N4O3S/c19-12(20)5-11-13(21)17-14(22-11)18-16-7-8-6-15-10-4-2-1-3-9(8)10/h1-4,6-7,11,15H,5H2,(H,19,20)(H,17,18,21)/b16-7-/t11-/m0/s1. The third-order valence-corrected chi connectivity index (χ3v) is 4.18. The summed E-state index contributed by atoms with van der Waals surface area (Å²) >= 11 is 1.07. The number of hydrogen-bond donors (Lipinski definition) is 3. The zero-order valence-corrected chi connectivity index (χ0v) is 12.1. The first-order chi connectivity index (χ1) is 10.6. The number of nitrogens with one attached hydrogen (secondary N) is 2. The number of amides is 1. The number of fused-ring (bicyclic) bond motifs is 1. The molecule has 22 heavy (non-hydrogen) atoms. The molecule has 2 heterocycles. The molecule has 0 unspecified atom stereocenters. The van der Waals surface area contributed by atoms with Gasteiger partial charge in [-0.2, -0.15) is 5.10 Å². The molecule has 112 valence electrons. The number of carbonyl (C=O) groups is 2. The number of benzene rings is 1. The van der Waals surface area contributed by atoms with Gasteiger partial charge in [0.25, 0.3) is 0 Å². The third kappa shape index (κ3) is 3.01. The van der Waals surface area contributed by atoms with E-state index < -0.39 is 11.2 Å². The number of aliphatic carboxylic acids is 1. The molecule has 1 fully saturated rings. The Morgan fingerprint density at radius 3 is 3.05 bits per heavy atom. The molecule has 2 aromatic rings. The average Bonchev–Trinajstić information content (AvgIpc) is 3.04. The van der Waals surface area contributed by atoms with Gasteiger partial charge in [0.05, 0.1) is 12.6 Å². The Bertz CT molecular complexity index is 796. The van der Waals surface area contributed by atoms with Crippen LogP contribution in [-0.4, -0.2) is 38.6 Å². The molecule has 1 aliphatic heterocycles. The van der Waals surface area contributed by atoms with E-state index in [1.165, 1.54) is 0 Å². The molecule has 1 atom stereocenters. The van der Waals surface area contributed by atoms with Crippen molar-refractivity contribution in [2.24, 2.45) is 10.2 Å². The minimum atomic E-state index is -1.02. The van der Waals surface area contributed by atoms with E-state index in [9.17, 15) is 9.59 Å². The molecule has 1 amide bonds. The maximum atomic E-state index is 11.6. The number of para-hydroxylation sites is 1. The number of carboxylic acid groups (broad SMARTS) is 1. The number of nitrogens with zero attached hydrogens (tertiary/aromatic N) is 2. The summed E-state index contributed by atoms with van der Waals surface area (Å²) < 4.78 is 0. The van der Waals surface area contributed by atoms with Crippen LogP contribution in [0.15, 0.2) is 40.7 Å². The molecule has 0 spiro atoms. The lowest BCUT2D eigenvalue weighted by Gasteiger charge is -1.97. The first kappa shape index (κ1) is 14.3. The van der Waals surface area contributed by atoms with E-state index in [1.54, 1.807) is 6.21 Å². The lowest BCUT2D eigenvalue weighted by molar-refractivity contribution is -0.138. The molecule has 0 aliphatic carbocycles. The molecule has 0 radical (unpaired) electrons. The summed E-state index contributed by atoms with van der Waals surface area (Å²) in [7, 11) is 0. The molecule has 8 heteroatoms. The number of rotatable bonds is 4. The van der Waals surface area contributed by atoms with Crippen molar-refractivity contribution >= 4 is 45.9 Å². The molecule has 1 aromatic heterocycles. The smallest absolute Gasteiger partial charge is 0.305 e. The highest BCUT2D eigenvalue weighted by molar-refractivity contribution is 8.15. The average molecular weight is 316 g/mol.